The quantitative estimate of drug-likeness (QED) is 0.415. The lowest BCUT2D eigenvalue weighted by Crippen LogP contribution is -2.18. The summed E-state index contributed by atoms with van der Waals surface area (Å²) in [6.07, 6.45) is 2.94. The van der Waals surface area contributed by atoms with Crippen LogP contribution in [0.5, 0.6) is 0 Å². The molecule has 0 bridgehead atoms. The van der Waals surface area contributed by atoms with E-state index >= 15 is 0 Å². The second kappa shape index (κ2) is 8.94. The van der Waals surface area contributed by atoms with Crippen molar-refractivity contribution >= 4 is 40.8 Å². The summed E-state index contributed by atoms with van der Waals surface area (Å²) >= 11 is 5.91. The maximum Gasteiger partial charge on any atom is 0.409 e. The van der Waals surface area contributed by atoms with E-state index in [1.165, 1.54) is 24.5 Å². The van der Waals surface area contributed by atoms with Crippen molar-refractivity contribution in [2.75, 3.05) is 10.6 Å². The zero-order valence-electron chi connectivity index (χ0n) is 14.9. The standard InChI is InChI=1S/C20H15ClN4O4/c21-15-4-5-16(25-20(28)29)17(7-15)24-19(27)8-18(26)13-3-1-2-12(6-13)14-9-22-11-23-10-14/h1-7,9-11,25H,8H2,(H,24,27)(H,28,29). The number of halogens is 1. The van der Waals surface area contributed by atoms with E-state index in [1.807, 2.05) is 6.07 Å². The van der Waals surface area contributed by atoms with Crippen molar-refractivity contribution in [3.8, 4) is 11.1 Å². The summed E-state index contributed by atoms with van der Waals surface area (Å²) in [5, 5.41) is 13.9. The molecule has 0 aliphatic carbocycles. The van der Waals surface area contributed by atoms with Gasteiger partial charge < -0.3 is 10.4 Å². The van der Waals surface area contributed by atoms with Crippen LogP contribution >= 0.6 is 11.6 Å². The van der Waals surface area contributed by atoms with Crippen LogP contribution in [0.25, 0.3) is 11.1 Å². The Labute approximate surface area is 170 Å². The number of carboxylic acid groups (broad SMARTS) is 1. The molecule has 9 heteroatoms. The van der Waals surface area contributed by atoms with Crippen LogP contribution in [0, 0.1) is 0 Å². The summed E-state index contributed by atoms with van der Waals surface area (Å²) in [5.41, 5.74) is 2.16. The Bertz CT molecular complexity index is 1070. The van der Waals surface area contributed by atoms with Gasteiger partial charge in [0.2, 0.25) is 5.91 Å². The average molecular weight is 411 g/mol. The first-order valence-electron chi connectivity index (χ1n) is 8.40. The summed E-state index contributed by atoms with van der Waals surface area (Å²) in [7, 11) is 0. The van der Waals surface area contributed by atoms with Gasteiger partial charge in [-0.3, -0.25) is 14.9 Å². The van der Waals surface area contributed by atoms with Gasteiger partial charge in [-0.05, 0) is 29.8 Å². The third kappa shape index (κ3) is 5.36. The minimum absolute atomic E-state index is 0.147. The van der Waals surface area contributed by atoms with Crippen LogP contribution in [0.3, 0.4) is 0 Å². The smallest absolute Gasteiger partial charge is 0.409 e. The maximum absolute atomic E-state index is 12.5. The minimum Gasteiger partial charge on any atom is -0.465 e. The van der Waals surface area contributed by atoms with Crippen LogP contribution in [0.15, 0.2) is 61.2 Å². The second-order valence-electron chi connectivity index (χ2n) is 5.98. The molecule has 8 nitrogen and oxygen atoms in total. The van der Waals surface area contributed by atoms with Gasteiger partial charge in [-0.2, -0.15) is 0 Å². The zero-order valence-corrected chi connectivity index (χ0v) is 15.7. The molecule has 0 aliphatic heterocycles. The number of carbonyl (C=O) groups excluding carboxylic acids is 2. The molecule has 3 aromatic rings. The number of anilines is 2. The lowest BCUT2D eigenvalue weighted by atomic mass is 10.0. The van der Waals surface area contributed by atoms with Gasteiger partial charge in [0.05, 0.1) is 17.8 Å². The molecule has 0 atom stereocenters. The number of hydrogen-bond donors (Lipinski definition) is 3. The van der Waals surface area contributed by atoms with Gasteiger partial charge in [-0.15, -0.1) is 0 Å². The second-order valence-corrected chi connectivity index (χ2v) is 6.41. The fourth-order valence-electron chi connectivity index (χ4n) is 2.61. The number of rotatable bonds is 6. The number of aromatic nitrogens is 2. The largest absolute Gasteiger partial charge is 0.465 e. The molecule has 1 aromatic heterocycles. The van der Waals surface area contributed by atoms with E-state index in [0.717, 1.165) is 11.1 Å². The molecule has 0 unspecified atom stereocenters. The van der Waals surface area contributed by atoms with E-state index in [1.54, 1.807) is 30.6 Å². The molecule has 1 heterocycles. The summed E-state index contributed by atoms with van der Waals surface area (Å²) in [5.74, 6) is -0.991. The molecular formula is C20H15ClN4O4. The predicted octanol–water partition coefficient (Wildman–Crippen LogP) is 4.10. The zero-order chi connectivity index (χ0) is 20.8. The Morgan fingerprint density at radius 2 is 1.69 bits per heavy atom. The molecule has 2 amide bonds. The molecule has 0 aliphatic rings. The van der Waals surface area contributed by atoms with E-state index in [2.05, 4.69) is 20.6 Å². The molecule has 29 heavy (non-hydrogen) atoms. The van der Waals surface area contributed by atoms with Crippen molar-refractivity contribution in [3.05, 3.63) is 71.8 Å². The molecule has 0 radical (unpaired) electrons. The molecule has 0 spiro atoms. The summed E-state index contributed by atoms with van der Waals surface area (Å²) < 4.78 is 0. The third-order valence-corrected chi connectivity index (χ3v) is 4.13. The lowest BCUT2D eigenvalue weighted by molar-refractivity contribution is -0.115. The van der Waals surface area contributed by atoms with Gasteiger partial charge in [0.15, 0.2) is 5.78 Å². The van der Waals surface area contributed by atoms with Gasteiger partial charge in [0.1, 0.15) is 6.33 Å². The highest BCUT2D eigenvalue weighted by Crippen LogP contribution is 2.26. The Morgan fingerprint density at radius 3 is 2.41 bits per heavy atom. The molecule has 3 rings (SSSR count). The number of carbonyl (C=O) groups is 3. The van der Waals surface area contributed by atoms with Crippen molar-refractivity contribution in [2.24, 2.45) is 0 Å². The van der Waals surface area contributed by atoms with Crippen molar-refractivity contribution in [1.29, 1.82) is 0 Å². The number of amides is 2. The Hall–Kier alpha value is -3.78. The SMILES string of the molecule is O=C(O)Nc1ccc(Cl)cc1NC(=O)CC(=O)c1cccc(-c2cncnc2)c1. The molecule has 0 saturated carbocycles. The normalized spacial score (nSPS) is 10.2. The van der Waals surface area contributed by atoms with Crippen LogP contribution in [0.1, 0.15) is 16.8 Å². The van der Waals surface area contributed by atoms with Gasteiger partial charge >= 0.3 is 6.09 Å². The lowest BCUT2D eigenvalue weighted by Gasteiger charge is -2.11. The highest BCUT2D eigenvalue weighted by atomic mass is 35.5. The van der Waals surface area contributed by atoms with Gasteiger partial charge in [0.25, 0.3) is 0 Å². The monoisotopic (exact) mass is 410 g/mol. The summed E-state index contributed by atoms with van der Waals surface area (Å²) in [4.78, 5) is 43.6. The Morgan fingerprint density at radius 1 is 0.931 bits per heavy atom. The number of hydrogen-bond acceptors (Lipinski definition) is 5. The average Bonchev–Trinajstić information content (AvgIpc) is 2.70. The first kappa shape index (κ1) is 20.0. The fourth-order valence-corrected chi connectivity index (χ4v) is 2.78. The number of nitrogens with one attached hydrogen (secondary N) is 2. The highest BCUT2D eigenvalue weighted by molar-refractivity contribution is 6.31. The number of ketones is 1. The van der Waals surface area contributed by atoms with Crippen LogP contribution in [0.2, 0.25) is 5.02 Å². The first-order valence-corrected chi connectivity index (χ1v) is 8.78. The first-order chi connectivity index (χ1) is 13.9. The van der Waals surface area contributed by atoms with E-state index in [-0.39, 0.29) is 11.4 Å². The molecular weight excluding hydrogens is 396 g/mol. The van der Waals surface area contributed by atoms with E-state index < -0.39 is 24.2 Å². The van der Waals surface area contributed by atoms with Crippen LogP contribution in [0.4, 0.5) is 16.2 Å². The summed E-state index contributed by atoms with van der Waals surface area (Å²) in [6.45, 7) is 0. The van der Waals surface area contributed by atoms with Crippen molar-refractivity contribution in [3.63, 3.8) is 0 Å². The molecule has 0 fully saturated rings. The summed E-state index contributed by atoms with van der Waals surface area (Å²) in [6, 6.07) is 11.1. The number of benzene rings is 2. The van der Waals surface area contributed by atoms with Crippen molar-refractivity contribution in [1.82, 2.24) is 9.97 Å². The van der Waals surface area contributed by atoms with Crippen LogP contribution < -0.4 is 10.6 Å². The Kier molecular flexibility index (Phi) is 6.16. The third-order valence-electron chi connectivity index (χ3n) is 3.90. The van der Waals surface area contributed by atoms with Crippen LogP contribution in [-0.4, -0.2) is 32.9 Å². The Balaban J connectivity index is 1.73. The van der Waals surface area contributed by atoms with Gasteiger partial charge in [-0.25, -0.2) is 14.8 Å². The highest BCUT2D eigenvalue weighted by Gasteiger charge is 2.15. The minimum atomic E-state index is -1.29. The topological polar surface area (TPSA) is 121 Å². The van der Waals surface area contributed by atoms with E-state index in [4.69, 9.17) is 16.7 Å². The van der Waals surface area contributed by atoms with E-state index in [9.17, 15) is 14.4 Å². The molecule has 146 valence electrons. The van der Waals surface area contributed by atoms with Gasteiger partial charge in [-0.1, -0.05) is 29.8 Å². The predicted molar refractivity (Wildman–Crippen MR) is 108 cm³/mol. The van der Waals surface area contributed by atoms with E-state index in [0.29, 0.717) is 10.6 Å². The van der Waals surface area contributed by atoms with Crippen molar-refractivity contribution in [2.45, 2.75) is 6.42 Å². The van der Waals surface area contributed by atoms with Gasteiger partial charge in [0, 0.05) is 28.5 Å². The fraction of sp³-hybridized carbons (Fsp3) is 0.0500. The van der Waals surface area contributed by atoms with Crippen molar-refractivity contribution < 1.29 is 19.5 Å². The molecule has 2 aromatic carbocycles. The molecule has 3 N–H and O–H groups in total. The number of Topliss-reactive ketones (excluding diaryl/α,β-unsaturated/α-hetero) is 1. The maximum atomic E-state index is 12.5. The number of nitrogens with zero attached hydrogens (tertiary/aromatic N) is 2. The van der Waals surface area contributed by atoms with Crippen LogP contribution in [-0.2, 0) is 4.79 Å². The molecule has 0 saturated heterocycles.